The third-order valence-corrected chi connectivity index (χ3v) is 5.94. The molecule has 0 radical (unpaired) electrons. The van der Waals surface area contributed by atoms with Gasteiger partial charge in [-0.15, -0.1) is 0 Å². The van der Waals surface area contributed by atoms with E-state index in [0.29, 0.717) is 0 Å². The van der Waals surface area contributed by atoms with Crippen molar-refractivity contribution in [3.8, 4) is 0 Å². The van der Waals surface area contributed by atoms with Crippen molar-refractivity contribution in [2.45, 2.75) is 12.5 Å². The molecule has 1 aliphatic heterocycles. The lowest BCUT2D eigenvalue weighted by molar-refractivity contribution is -0.139. The van der Waals surface area contributed by atoms with Gasteiger partial charge in [-0.3, -0.25) is 0 Å². The van der Waals surface area contributed by atoms with Gasteiger partial charge in [0.1, 0.15) is 6.04 Å². The van der Waals surface area contributed by atoms with Crippen LogP contribution in [0.15, 0.2) is 30.5 Å². The van der Waals surface area contributed by atoms with E-state index in [4.69, 9.17) is 0 Å². The number of benzene rings is 1. The van der Waals surface area contributed by atoms with Gasteiger partial charge in [0.25, 0.3) is 0 Å². The highest BCUT2D eigenvalue weighted by atomic mass is 32.2. The number of carbonyl (C=O) groups is 2. The zero-order valence-electron chi connectivity index (χ0n) is 13.4. The van der Waals surface area contributed by atoms with E-state index in [1.54, 1.807) is 6.20 Å². The molecule has 0 spiro atoms. The highest BCUT2D eigenvalue weighted by molar-refractivity contribution is 7.91. The number of carbonyl (C=O) groups excluding carboxylic acids is 1. The summed E-state index contributed by atoms with van der Waals surface area (Å²) < 4.78 is 22.9. The molecule has 0 aliphatic carbocycles. The third kappa shape index (κ3) is 3.93. The maximum Gasteiger partial charge on any atom is 0.326 e. The minimum absolute atomic E-state index is 0.0770. The van der Waals surface area contributed by atoms with Gasteiger partial charge in [-0.25, -0.2) is 18.0 Å². The fourth-order valence-electron chi connectivity index (χ4n) is 2.88. The summed E-state index contributed by atoms with van der Waals surface area (Å²) in [6, 6.07) is 5.87. The Labute approximate surface area is 144 Å². The number of sulfone groups is 1. The lowest BCUT2D eigenvalue weighted by Gasteiger charge is -2.28. The van der Waals surface area contributed by atoms with E-state index >= 15 is 0 Å². The van der Waals surface area contributed by atoms with Crippen LogP contribution >= 0.6 is 0 Å². The molecular weight excluding hydrogens is 346 g/mol. The highest BCUT2D eigenvalue weighted by Crippen LogP contribution is 2.19. The molecule has 1 aromatic heterocycles. The minimum atomic E-state index is -3.10. The Morgan fingerprint density at radius 1 is 1.24 bits per heavy atom. The van der Waals surface area contributed by atoms with Crippen LogP contribution in [0.1, 0.15) is 5.56 Å². The number of carboxylic acids is 1. The standard InChI is InChI=1S/C16H19N3O5S/c20-15(21)14(9-11-10-17-13-4-2-1-3-12(11)13)18-16(22)19-5-7-25(23,24)8-6-19/h1-4,10,14,17H,5-9H2,(H,18,22)(H,20,21)/t14-/m0/s1. The summed E-state index contributed by atoms with van der Waals surface area (Å²) in [6.07, 6.45) is 1.87. The predicted molar refractivity (Wildman–Crippen MR) is 92.2 cm³/mol. The molecule has 1 atom stereocenters. The number of nitrogens with one attached hydrogen (secondary N) is 2. The van der Waals surface area contributed by atoms with Crippen molar-refractivity contribution in [3.05, 3.63) is 36.0 Å². The van der Waals surface area contributed by atoms with Crippen molar-refractivity contribution < 1.29 is 23.1 Å². The van der Waals surface area contributed by atoms with Gasteiger partial charge in [-0.1, -0.05) is 18.2 Å². The largest absolute Gasteiger partial charge is 0.480 e. The number of rotatable bonds is 4. The molecule has 2 aromatic rings. The Hall–Kier alpha value is -2.55. The molecule has 1 aliphatic rings. The summed E-state index contributed by atoms with van der Waals surface area (Å²) in [4.78, 5) is 28.2. The monoisotopic (exact) mass is 365 g/mol. The SMILES string of the molecule is O=C(O)[C@H](Cc1c[nH]c2ccccc12)NC(=O)N1CCS(=O)(=O)CC1. The predicted octanol–water partition coefficient (Wildman–Crippen LogP) is 0.604. The van der Waals surface area contributed by atoms with E-state index < -0.39 is 27.9 Å². The number of aliphatic carboxylic acids is 1. The van der Waals surface area contributed by atoms with Crippen molar-refractivity contribution in [2.24, 2.45) is 0 Å². The summed E-state index contributed by atoms with van der Waals surface area (Å²) in [6.45, 7) is 0.154. The summed E-state index contributed by atoms with van der Waals surface area (Å²) in [5.41, 5.74) is 1.69. The van der Waals surface area contributed by atoms with Gasteiger partial charge in [-0.05, 0) is 11.6 Å². The smallest absolute Gasteiger partial charge is 0.326 e. The van der Waals surface area contributed by atoms with Crippen LogP contribution in [0.2, 0.25) is 0 Å². The summed E-state index contributed by atoms with van der Waals surface area (Å²) in [7, 11) is -3.10. The number of aromatic nitrogens is 1. The van der Waals surface area contributed by atoms with Crippen LogP contribution in [0.4, 0.5) is 4.79 Å². The van der Waals surface area contributed by atoms with Crippen LogP contribution in [0, 0.1) is 0 Å². The van der Waals surface area contributed by atoms with Crippen LogP contribution in [-0.4, -0.2) is 66.0 Å². The number of nitrogens with zero attached hydrogens (tertiary/aromatic N) is 1. The highest BCUT2D eigenvalue weighted by Gasteiger charge is 2.28. The molecule has 0 unspecified atom stereocenters. The maximum absolute atomic E-state index is 12.3. The average molecular weight is 365 g/mol. The number of hydrogen-bond acceptors (Lipinski definition) is 4. The molecule has 1 saturated heterocycles. The Morgan fingerprint density at radius 3 is 2.60 bits per heavy atom. The zero-order valence-corrected chi connectivity index (χ0v) is 14.3. The number of para-hydroxylation sites is 1. The Morgan fingerprint density at radius 2 is 1.92 bits per heavy atom. The van der Waals surface area contributed by atoms with Crippen molar-refractivity contribution in [2.75, 3.05) is 24.6 Å². The second-order valence-electron chi connectivity index (χ2n) is 6.04. The van der Waals surface area contributed by atoms with Crippen molar-refractivity contribution >= 4 is 32.7 Å². The van der Waals surface area contributed by atoms with Crippen molar-refractivity contribution in [3.63, 3.8) is 0 Å². The minimum Gasteiger partial charge on any atom is -0.480 e. The van der Waals surface area contributed by atoms with E-state index in [0.717, 1.165) is 16.5 Å². The van der Waals surface area contributed by atoms with Gasteiger partial charge in [0, 0.05) is 36.6 Å². The Balaban J connectivity index is 1.69. The second kappa shape index (κ2) is 6.75. The van der Waals surface area contributed by atoms with E-state index in [1.165, 1.54) is 4.90 Å². The van der Waals surface area contributed by atoms with Crippen LogP contribution in [0.25, 0.3) is 10.9 Å². The first kappa shape index (κ1) is 17.3. The molecule has 9 heteroatoms. The number of H-pyrrole nitrogens is 1. The number of hydrogen-bond donors (Lipinski definition) is 3. The van der Waals surface area contributed by atoms with Gasteiger partial charge in [-0.2, -0.15) is 0 Å². The maximum atomic E-state index is 12.3. The second-order valence-corrected chi connectivity index (χ2v) is 8.35. The van der Waals surface area contributed by atoms with E-state index in [1.807, 2.05) is 24.3 Å². The lowest BCUT2D eigenvalue weighted by atomic mass is 10.1. The quantitative estimate of drug-likeness (QED) is 0.733. The van der Waals surface area contributed by atoms with Crippen LogP contribution in [-0.2, 0) is 21.1 Å². The molecule has 2 heterocycles. The van der Waals surface area contributed by atoms with Gasteiger partial charge in [0.2, 0.25) is 0 Å². The molecule has 3 rings (SSSR count). The van der Waals surface area contributed by atoms with Crippen LogP contribution in [0.3, 0.4) is 0 Å². The van der Waals surface area contributed by atoms with Crippen LogP contribution in [0.5, 0.6) is 0 Å². The Kier molecular flexibility index (Phi) is 4.67. The fourth-order valence-corrected chi connectivity index (χ4v) is 4.08. The van der Waals surface area contributed by atoms with Crippen LogP contribution < -0.4 is 5.32 Å². The fraction of sp³-hybridized carbons (Fsp3) is 0.375. The number of fused-ring (bicyclic) bond motifs is 1. The topological polar surface area (TPSA) is 120 Å². The molecule has 2 amide bonds. The number of urea groups is 1. The molecule has 3 N–H and O–H groups in total. The number of aromatic amines is 1. The van der Waals surface area contributed by atoms with Crippen molar-refractivity contribution in [1.29, 1.82) is 0 Å². The van der Waals surface area contributed by atoms with E-state index in [9.17, 15) is 23.1 Å². The number of amides is 2. The first-order valence-corrected chi connectivity index (χ1v) is 9.71. The van der Waals surface area contributed by atoms with Gasteiger partial charge in [0.15, 0.2) is 9.84 Å². The molecule has 25 heavy (non-hydrogen) atoms. The summed E-state index contributed by atoms with van der Waals surface area (Å²) in [5, 5.41) is 12.8. The Bertz CT molecular complexity index is 891. The molecule has 134 valence electrons. The average Bonchev–Trinajstić information content (AvgIpc) is 2.97. The van der Waals surface area contributed by atoms with Crippen molar-refractivity contribution in [1.82, 2.24) is 15.2 Å². The molecular formula is C16H19N3O5S. The zero-order chi connectivity index (χ0) is 18.0. The molecule has 1 aromatic carbocycles. The molecule has 0 bridgehead atoms. The summed E-state index contributed by atoms with van der Waals surface area (Å²) in [5.74, 6) is -1.33. The summed E-state index contributed by atoms with van der Waals surface area (Å²) >= 11 is 0. The van der Waals surface area contributed by atoms with Gasteiger partial charge >= 0.3 is 12.0 Å². The van der Waals surface area contributed by atoms with Gasteiger partial charge < -0.3 is 20.3 Å². The number of carboxylic acid groups (broad SMARTS) is 1. The van der Waals surface area contributed by atoms with Gasteiger partial charge in [0.05, 0.1) is 11.5 Å². The molecule has 0 saturated carbocycles. The lowest BCUT2D eigenvalue weighted by Crippen LogP contribution is -2.52. The first-order valence-electron chi connectivity index (χ1n) is 7.89. The third-order valence-electron chi connectivity index (χ3n) is 4.33. The van der Waals surface area contributed by atoms with E-state index in [2.05, 4.69) is 10.3 Å². The molecule has 1 fully saturated rings. The molecule has 8 nitrogen and oxygen atoms in total. The van der Waals surface area contributed by atoms with E-state index in [-0.39, 0.29) is 31.0 Å². The first-order chi connectivity index (χ1) is 11.9. The normalized spacial score (nSPS) is 18.0.